The third-order valence-electron chi connectivity index (χ3n) is 1.44. The molecule has 0 spiro atoms. The summed E-state index contributed by atoms with van der Waals surface area (Å²) in [6.07, 6.45) is 0. The van der Waals surface area contributed by atoms with Crippen molar-refractivity contribution < 1.29 is 9.90 Å². The van der Waals surface area contributed by atoms with E-state index < -0.39 is 5.97 Å². The smallest absolute Gasteiger partial charge is 0.330 e. The fourth-order valence-corrected chi connectivity index (χ4v) is 0.828. The van der Waals surface area contributed by atoms with Gasteiger partial charge in [0.05, 0.1) is 5.97 Å². The molecule has 0 unspecified atom stereocenters. The highest BCUT2D eigenvalue weighted by Crippen LogP contribution is 2.04. The van der Waals surface area contributed by atoms with Crippen molar-refractivity contribution in [2.45, 2.75) is 6.54 Å². The molecule has 0 heterocycles. The molecule has 12 heavy (non-hydrogen) atoms. The summed E-state index contributed by atoms with van der Waals surface area (Å²) in [6, 6.07) is 5.97. The number of carbonyl (C=O) groups is 1. The average Bonchev–Trinajstić information content (AvgIpc) is 2.06. The quantitative estimate of drug-likeness (QED) is 0.591. The predicted octanol–water partition coefficient (Wildman–Crippen LogP) is 0.403. The van der Waals surface area contributed by atoms with Gasteiger partial charge in [0.2, 0.25) is 5.39 Å². The molecule has 0 radical (unpaired) electrons. The number of hydrogen-bond donors (Lipinski definition) is 0. The van der Waals surface area contributed by atoms with Crippen LogP contribution in [0.4, 0.5) is 0 Å². The van der Waals surface area contributed by atoms with Crippen LogP contribution in [-0.4, -0.2) is 5.97 Å². The van der Waals surface area contributed by atoms with E-state index in [0.717, 1.165) is 5.56 Å². The predicted molar refractivity (Wildman–Crippen MR) is 39.6 cm³/mol. The van der Waals surface area contributed by atoms with E-state index in [1.165, 1.54) is 12.1 Å². The summed E-state index contributed by atoms with van der Waals surface area (Å²) in [5, 5.41) is 18.5. The number of carboxylic acids is 1. The molecule has 1 aromatic rings. The van der Waals surface area contributed by atoms with E-state index in [1.807, 2.05) is 0 Å². The van der Waals surface area contributed by atoms with Gasteiger partial charge in [-0.2, -0.15) is 0 Å². The van der Waals surface area contributed by atoms with E-state index >= 15 is 0 Å². The van der Waals surface area contributed by atoms with Crippen molar-refractivity contribution in [2.24, 2.45) is 0 Å². The van der Waals surface area contributed by atoms with Crippen LogP contribution in [0.1, 0.15) is 15.9 Å². The molecule has 0 amide bonds. The average molecular weight is 162 g/mol. The van der Waals surface area contributed by atoms with Gasteiger partial charge >= 0.3 is 6.54 Å². The first-order valence-corrected chi connectivity index (χ1v) is 3.35. The SMILES string of the molecule is N#[N+]Cc1ccc(C(=O)[O-])cc1. The van der Waals surface area contributed by atoms with Crippen LogP contribution in [0.25, 0.3) is 4.98 Å². The minimum absolute atomic E-state index is 0.122. The zero-order chi connectivity index (χ0) is 8.97. The Labute approximate surface area is 69.1 Å². The Hall–Kier alpha value is -1.89. The molecule has 0 atom stereocenters. The van der Waals surface area contributed by atoms with Crippen molar-refractivity contribution in [3.05, 3.63) is 40.4 Å². The summed E-state index contributed by atoms with van der Waals surface area (Å²) in [5.41, 5.74) is 0.874. The number of aromatic carboxylic acids is 1. The molecular weight excluding hydrogens is 156 g/mol. The fourth-order valence-electron chi connectivity index (χ4n) is 0.828. The number of diazo groups is 1. The van der Waals surface area contributed by atoms with Crippen LogP contribution >= 0.6 is 0 Å². The normalized spacial score (nSPS) is 8.92. The number of benzene rings is 1. The molecule has 1 rings (SSSR count). The first-order valence-electron chi connectivity index (χ1n) is 3.35. The van der Waals surface area contributed by atoms with E-state index in [-0.39, 0.29) is 12.1 Å². The number of hydrogen-bond acceptors (Lipinski definition) is 3. The van der Waals surface area contributed by atoms with Crippen LogP contribution < -0.4 is 5.11 Å². The number of carboxylic acid groups (broad SMARTS) is 1. The second-order valence-corrected chi connectivity index (χ2v) is 2.28. The number of rotatable bonds is 2. The molecular formula is C8H6N2O2. The van der Waals surface area contributed by atoms with Gasteiger partial charge in [0.15, 0.2) is 0 Å². The Morgan fingerprint density at radius 3 is 2.42 bits per heavy atom. The minimum atomic E-state index is -1.21. The van der Waals surface area contributed by atoms with Crippen molar-refractivity contribution in [2.75, 3.05) is 0 Å². The summed E-state index contributed by atoms with van der Waals surface area (Å²) in [4.78, 5) is 13.2. The fraction of sp³-hybridized carbons (Fsp3) is 0.125. The van der Waals surface area contributed by atoms with Gasteiger partial charge in [-0.3, -0.25) is 0 Å². The van der Waals surface area contributed by atoms with Crippen LogP contribution in [0.2, 0.25) is 0 Å². The molecule has 0 N–H and O–H groups in total. The van der Waals surface area contributed by atoms with Crippen LogP contribution in [0.15, 0.2) is 24.3 Å². The van der Waals surface area contributed by atoms with E-state index in [1.54, 1.807) is 12.1 Å². The maximum Gasteiger partial charge on any atom is 0.330 e. The van der Waals surface area contributed by atoms with Crippen molar-refractivity contribution >= 4 is 5.97 Å². The van der Waals surface area contributed by atoms with Gasteiger partial charge in [-0.05, 0) is 5.56 Å². The van der Waals surface area contributed by atoms with Crippen molar-refractivity contribution in [3.8, 4) is 0 Å². The molecule has 0 aliphatic rings. The van der Waals surface area contributed by atoms with E-state index in [9.17, 15) is 9.90 Å². The molecule has 0 saturated heterocycles. The topological polar surface area (TPSA) is 68.3 Å². The Balaban J connectivity index is 2.87. The molecule has 1 aromatic carbocycles. The van der Waals surface area contributed by atoms with Crippen LogP contribution in [0.5, 0.6) is 0 Å². The second-order valence-electron chi connectivity index (χ2n) is 2.28. The molecule has 4 nitrogen and oxygen atoms in total. The molecule has 0 fully saturated rings. The van der Waals surface area contributed by atoms with Crippen LogP contribution in [-0.2, 0) is 6.54 Å². The lowest BCUT2D eigenvalue weighted by Gasteiger charge is -1.99. The van der Waals surface area contributed by atoms with E-state index in [2.05, 4.69) is 4.98 Å². The summed E-state index contributed by atoms with van der Waals surface area (Å²) >= 11 is 0. The minimum Gasteiger partial charge on any atom is -0.545 e. The zero-order valence-corrected chi connectivity index (χ0v) is 6.23. The van der Waals surface area contributed by atoms with Crippen LogP contribution in [0.3, 0.4) is 0 Å². The molecule has 4 heteroatoms. The lowest BCUT2D eigenvalue weighted by molar-refractivity contribution is -0.255. The van der Waals surface area contributed by atoms with Gasteiger partial charge in [0.25, 0.3) is 0 Å². The highest BCUT2D eigenvalue weighted by molar-refractivity contribution is 5.85. The van der Waals surface area contributed by atoms with Crippen LogP contribution in [0, 0.1) is 5.39 Å². The Morgan fingerprint density at radius 1 is 1.42 bits per heavy atom. The lowest BCUT2D eigenvalue weighted by atomic mass is 10.1. The number of nitrogens with zero attached hydrogens (tertiary/aromatic N) is 2. The summed E-state index contributed by atoms with van der Waals surface area (Å²) in [6.45, 7) is 0.174. The Bertz CT molecular complexity index is 324. The molecule has 0 aromatic heterocycles. The first-order chi connectivity index (χ1) is 5.74. The second kappa shape index (κ2) is 3.49. The van der Waals surface area contributed by atoms with Gasteiger partial charge < -0.3 is 9.90 Å². The standard InChI is InChI=1S/C8H6N2O2/c9-10-5-6-1-3-7(4-2-6)8(11)12/h1-4H,5H2. The summed E-state index contributed by atoms with van der Waals surface area (Å²) < 4.78 is 0. The molecule has 0 aliphatic heterocycles. The first kappa shape index (κ1) is 8.21. The molecule has 0 aliphatic carbocycles. The molecule has 0 bridgehead atoms. The van der Waals surface area contributed by atoms with Crippen molar-refractivity contribution in [1.29, 1.82) is 5.39 Å². The Kier molecular flexibility index (Phi) is 2.38. The maximum absolute atomic E-state index is 10.3. The number of carbonyl (C=O) groups excluding carboxylic acids is 1. The van der Waals surface area contributed by atoms with Gasteiger partial charge in [-0.15, -0.1) is 0 Å². The van der Waals surface area contributed by atoms with Gasteiger partial charge in [-0.25, -0.2) is 0 Å². The molecule has 0 saturated carbocycles. The third kappa shape index (κ3) is 1.80. The Morgan fingerprint density at radius 2 is 2.00 bits per heavy atom. The van der Waals surface area contributed by atoms with E-state index in [4.69, 9.17) is 5.39 Å². The van der Waals surface area contributed by atoms with E-state index in [0.29, 0.717) is 0 Å². The lowest BCUT2D eigenvalue weighted by Crippen LogP contribution is -2.21. The highest BCUT2D eigenvalue weighted by Gasteiger charge is 1.99. The third-order valence-corrected chi connectivity index (χ3v) is 1.44. The van der Waals surface area contributed by atoms with Gasteiger partial charge in [0, 0.05) is 5.56 Å². The summed E-state index contributed by atoms with van der Waals surface area (Å²) in [7, 11) is 0. The molecule has 60 valence electrons. The van der Waals surface area contributed by atoms with Gasteiger partial charge in [-0.1, -0.05) is 24.3 Å². The highest BCUT2D eigenvalue weighted by atomic mass is 16.4. The van der Waals surface area contributed by atoms with Crippen molar-refractivity contribution in [1.82, 2.24) is 0 Å². The maximum atomic E-state index is 10.3. The largest absolute Gasteiger partial charge is 0.545 e. The monoisotopic (exact) mass is 162 g/mol. The zero-order valence-electron chi connectivity index (χ0n) is 6.23. The van der Waals surface area contributed by atoms with Gasteiger partial charge in [0.1, 0.15) is 4.98 Å². The van der Waals surface area contributed by atoms with Crippen molar-refractivity contribution in [3.63, 3.8) is 0 Å². The summed E-state index contributed by atoms with van der Waals surface area (Å²) in [5.74, 6) is -1.21.